The van der Waals surface area contributed by atoms with Gasteiger partial charge in [0.1, 0.15) is 11.4 Å². The van der Waals surface area contributed by atoms with Gasteiger partial charge >= 0.3 is 0 Å². The maximum absolute atomic E-state index is 10.7. The molecule has 1 aliphatic carbocycles. The minimum Gasteiger partial charge on any atom is -0.383 e. The Morgan fingerprint density at radius 3 is 2.88 bits per heavy atom. The van der Waals surface area contributed by atoms with Crippen LogP contribution in [-0.2, 0) is 10.3 Å². The van der Waals surface area contributed by atoms with E-state index >= 15 is 0 Å². The minimum atomic E-state index is -0.974. The molecule has 1 aromatic rings. The largest absolute Gasteiger partial charge is 0.383 e. The molecule has 0 aliphatic heterocycles. The van der Waals surface area contributed by atoms with Crippen LogP contribution in [0.3, 0.4) is 0 Å². The summed E-state index contributed by atoms with van der Waals surface area (Å²) in [6.45, 7) is 2.21. The van der Waals surface area contributed by atoms with E-state index in [1.165, 1.54) is 0 Å². The van der Waals surface area contributed by atoms with E-state index in [0.29, 0.717) is 11.4 Å². The Hall–Kier alpha value is -1.13. The van der Waals surface area contributed by atoms with Gasteiger partial charge in [-0.15, -0.1) is 0 Å². The lowest BCUT2D eigenvalue weighted by molar-refractivity contribution is -0.0529. The zero-order chi connectivity index (χ0) is 11.8. The van der Waals surface area contributed by atoms with Crippen molar-refractivity contribution in [2.24, 2.45) is 5.92 Å². The van der Waals surface area contributed by atoms with Crippen LogP contribution in [0.5, 0.6) is 0 Å². The van der Waals surface area contributed by atoms with E-state index in [9.17, 15) is 5.11 Å². The van der Waals surface area contributed by atoms with Crippen LogP contribution in [0.1, 0.15) is 24.0 Å². The second kappa shape index (κ2) is 4.03. The highest BCUT2D eigenvalue weighted by atomic mass is 16.5. The van der Waals surface area contributed by atoms with E-state index in [-0.39, 0.29) is 12.5 Å². The molecule has 0 spiro atoms. The van der Waals surface area contributed by atoms with Crippen LogP contribution in [0.15, 0.2) is 12.3 Å². The molecule has 1 atom stereocenters. The zero-order valence-corrected chi connectivity index (χ0v) is 9.73. The zero-order valence-electron chi connectivity index (χ0n) is 9.73. The van der Waals surface area contributed by atoms with E-state index in [2.05, 4.69) is 4.98 Å². The molecule has 2 rings (SSSR count). The van der Waals surface area contributed by atoms with Crippen molar-refractivity contribution in [1.82, 2.24) is 4.98 Å². The van der Waals surface area contributed by atoms with Gasteiger partial charge in [-0.3, -0.25) is 0 Å². The Morgan fingerprint density at radius 2 is 2.31 bits per heavy atom. The molecular weight excluding hydrogens is 204 g/mol. The molecule has 0 bridgehead atoms. The summed E-state index contributed by atoms with van der Waals surface area (Å²) >= 11 is 0. The molecule has 1 aromatic heterocycles. The van der Waals surface area contributed by atoms with Crippen molar-refractivity contribution < 1.29 is 9.84 Å². The Labute approximate surface area is 95.4 Å². The van der Waals surface area contributed by atoms with Gasteiger partial charge in [0.2, 0.25) is 0 Å². The number of nitrogens with zero attached hydrogens (tertiary/aromatic N) is 1. The predicted octanol–water partition coefficient (Wildman–Crippen LogP) is 1.22. The number of hydrogen-bond acceptors (Lipinski definition) is 4. The number of aliphatic hydroxyl groups is 1. The van der Waals surface area contributed by atoms with Gasteiger partial charge in [-0.1, -0.05) is 0 Å². The van der Waals surface area contributed by atoms with Crippen molar-refractivity contribution in [1.29, 1.82) is 0 Å². The van der Waals surface area contributed by atoms with Crippen LogP contribution < -0.4 is 5.73 Å². The maximum atomic E-state index is 10.7. The van der Waals surface area contributed by atoms with Crippen LogP contribution in [-0.4, -0.2) is 23.8 Å². The monoisotopic (exact) mass is 222 g/mol. The second-order valence-electron chi connectivity index (χ2n) is 4.58. The molecule has 0 saturated heterocycles. The van der Waals surface area contributed by atoms with E-state index in [1.807, 2.05) is 13.0 Å². The number of pyridine rings is 1. The highest BCUT2D eigenvalue weighted by Gasteiger charge is 2.46. The first kappa shape index (κ1) is 11.4. The first-order chi connectivity index (χ1) is 7.58. The number of aromatic nitrogens is 1. The van der Waals surface area contributed by atoms with Crippen molar-refractivity contribution in [2.45, 2.75) is 25.4 Å². The molecule has 0 amide bonds. The summed E-state index contributed by atoms with van der Waals surface area (Å²) in [5.41, 5.74) is 6.58. The quantitative estimate of drug-likeness (QED) is 0.803. The van der Waals surface area contributed by atoms with Crippen molar-refractivity contribution >= 4 is 5.82 Å². The molecule has 88 valence electrons. The van der Waals surface area contributed by atoms with Gasteiger partial charge in [0.05, 0.1) is 6.61 Å². The lowest BCUT2D eigenvalue weighted by Gasteiger charge is -2.28. The Balaban J connectivity index is 2.41. The number of methoxy groups -OCH3 is 1. The van der Waals surface area contributed by atoms with E-state index in [0.717, 1.165) is 18.4 Å². The van der Waals surface area contributed by atoms with Gasteiger partial charge in [-0.25, -0.2) is 4.98 Å². The molecule has 4 heteroatoms. The number of hydrogen-bond donors (Lipinski definition) is 2. The van der Waals surface area contributed by atoms with E-state index in [4.69, 9.17) is 10.5 Å². The first-order valence-corrected chi connectivity index (χ1v) is 5.52. The molecule has 1 saturated carbocycles. The van der Waals surface area contributed by atoms with Crippen molar-refractivity contribution in [3.63, 3.8) is 0 Å². The van der Waals surface area contributed by atoms with Crippen molar-refractivity contribution in [3.05, 3.63) is 23.4 Å². The van der Waals surface area contributed by atoms with Crippen LogP contribution >= 0.6 is 0 Å². The van der Waals surface area contributed by atoms with Crippen LogP contribution in [0, 0.1) is 12.8 Å². The summed E-state index contributed by atoms with van der Waals surface area (Å²) in [6.07, 6.45) is 3.75. The minimum absolute atomic E-state index is 0.248. The number of ether oxygens (including phenoxy) is 1. The lowest BCUT2D eigenvalue weighted by atomic mass is 9.89. The van der Waals surface area contributed by atoms with Crippen LogP contribution in [0.4, 0.5) is 5.82 Å². The highest BCUT2D eigenvalue weighted by molar-refractivity contribution is 5.45. The summed E-state index contributed by atoms with van der Waals surface area (Å²) in [4.78, 5) is 4.10. The average molecular weight is 222 g/mol. The number of nitrogen functional groups attached to an aromatic ring is 1. The summed E-state index contributed by atoms with van der Waals surface area (Å²) in [5, 5.41) is 10.7. The van der Waals surface area contributed by atoms with Gasteiger partial charge in [0.25, 0.3) is 0 Å². The molecule has 0 aromatic carbocycles. The molecular formula is C12H18N2O2. The fourth-order valence-corrected chi connectivity index (χ4v) is 2.12. The van der Waals surface area contributed by atoms with Gasteiger partial charge in [-0.05, 0) is 37.3 Å². The molecule has 16 heavy (non-hydrogen) atoms. The molecule has 1 aliphatic rings. The molecule has 1 fully saturated rings. The standard InChI is InChI=1S/C12H18N2O2/c1-8-5-10(11(13)14-6-8)12(15,7-16-2)9-3-4-9/h5-6,9,15H,3-4,7H2,1-2H3,(H2,13,14). The summed E-state index contributed by atoms with van der Waals surface area (Å²) in [6, 6.07) is 1.90. The van der Waals surface area contributed by atoms with Gasteiger partial charge in [0.15, 0.2) is 0 Å². The van der Waals surface area contributed by atoms with Gasteiger partial charge in [0, 0.05) is 18.9 Å². The normalized spacial score (nSPS) is 19.4. The molecule has 1 unspecified atom stereocenters. The average Bonchev–Trinajstić information content (AvgIpc) is 3.05. The third kappa shape index (κ3) is 1.90. The Kier molecular flexibility index (Phi) is 2.86. The van der Waals surface area contributed by atoms with Gasteiger partial charge < -0.3 is 15.6 Å². The maximum Gasteiger partial charge on any atom is 0.129 e. The third-order valence-corrected chi connectivity index (χ3v) is 3.14. The summed E-state index contributed by atoms with van der Waals surface area (Å²) in [7, 11) is 1.59. The predicted molar refractivity (Wildman–Crippen MR) is 61.9 cm³/mol. The van der Waals surface area contributed by atoms with Crippen molar-refractivity contribution in [3.8, 4) is 0 Å². The number of rotatable bonds is 4. The molecule has 1 heterocycles. The number of nitrogens with two attached hydrogens (primary N) is 1. The first-order valence-electron chi connectivity index (χ1n) is 5.52. The number of aryl methyl sites for hydroxylation is 1. The third-order valence-electron chi connectivity index (χ3n) is 3.14. The fraction of sp³-hybridized carbons (Fsp3) is 0.583. The topological polar surface area (TPSA) is 68.4 Å². The van der Waals surface area contributed by atoms with Crippen LogP contribution in [0.25, 0.3) is 0 Å². The van der Waals surface area contributed by atoms with Crippen LogP contribution in [0.2, 0.25) is 0 Å². The second-order valence-corrected chi connectivity index (χ2v) is 4.58. The molecule has 0 radical (unpaired) electrons. The van der Waals surface area contributed by atoms with E-state index < -0.39 is 5.60 Å². The van der Waals surface area contributed by atoms with E-state index in [1.54, 1.807) is 13.3 Å². The highest BCUT2D eigenvalue weighted by Crippen LogP contribution is 2.47. The van der Waals surface area contributed by atoms with Crippen molar-refractivity contribution in [2.75, 3.05) is 19.5 Å². The smallest absolute Gasteiger partial charge is 0.129 e. The SMILES string of the molecule is COCC(O)(c1cc(C)cnc1N)C1CC1. The molecule has 3 N–H and O–H groups in total. The fourth-order valence-electron chi connectivity index (χ4n) is 2.12. The summed E-state index contributed by atoms with van der Waals surface area (Å²) in [5.74, 6) is 0.649. The van der Waals surface area contributed by atoms with Gasteiger partial charge in [-0.2, -0.15) is 0 Å². The number of anilines is 1. The Morgan fingerprint density at radius 1 is 1.62 bits per heavy atom. The summed E-state index contributed by atoms with van der Waals surface area (Å²) < 4.78 is 5.12. The molecule has 4 nitrogen and oxygen atoms in total. The lowest BCUT2D eigenvalue weighted by Crippen LogP contribution is -2.35. The Bertz CT molecular complexity index is 391.